The minimum Gasteiger partial charge on any atom is -0.326 e. The van der Waals surface area contributed by atoms with Crippen LogP contribution in [-0.2, 0) is 0 Å². The third-order valence-corrected chi connectivity index (χ3v) is 2.93. The predicted octanol–water partition coefficient (Wildman–Crippen LogP) is 1.84. The molecule has 0 aromatic heterocycles. The molecule has 0 spiro atoms. The van der Waals surface area contributed by atoms with Gasteiger partial charge in [0.15, 0.2) is 0 Å². The average Bonchev–Trinajstić information content (AvgIpc) is 2.04. The molecule has 0 fully saturated rings. The maximum atomic E-state index is 6.06. The third kappa shape index (κ3) is 2.46. The molecule has 12 heavy (non-hydrogen) atoms. The van der Waals surface area contributed by atoms with E-state index < -0.39 is 0 Å². The molecule has 2 heteroatoms. The lowest BCUT2D eigenvalue weighted by atomic mass is 9.91. The molecule has 0 aromatic rings. The molecule has 0 aliphatic heterocycles. The van der Waals surface area contributed by atoms with Gasteiger partial charge in [0.25, 0.3) is 0 Å². The number of rotatable bonds is 5. The summed E-state index contributed by atoms with van der Waals surface area (Å²) in [4.78, 5) is 2.42. The number of hydrogen-bond donors (Lipinski definition) is 1. The molecule has 0 rings (SSSR count). The maximum Gasteiger partial charge on any atom is 0.0303 e. The molecule has 2 N–H and O–H groups in total. The lowest BCUT2D eigenvalue weighted by Gasteiger charge is -2.41. The van der Waals surface area contributed by atoms with E-state index in [1.54, 1.807) is 0 Å². The van der Waals surface area contributed by atoms with E-state index in [2.05, 4.69) is 39.5 Å². The van der Waals surface area contributed by atoms with Crippen LogP contribution in [0.5, 0.6) is 0 Å². The summed E-state index contributed by atoms with van der Waals surface area (Å²) >= 11 is 0. The van der Waals surface area contributed by atoms with Gasteiger partial charge < -0.3 is 5.73 Å². The van der Waals surface area contributed by atoms with Gasteiger partial charge in [0.1, 0.15) is 0 Å². The van der Waals surface area contributed by atoms with Gasteiger partial charge in [-0.2, -0.15) is 0 Å². The molecular weight excluding hydrogens is 148 g/mol. The van der Waals surface area contributed by atoms with Crippen LogP contribution in [0.2, 0.25) is 0 Å². The van der Waals surface area contributed by atoms with Crippen molar-refractivity contribution in [1.82, 2.24) is 4.90 Å². The minimum atomic E-state index is 0.137. The Bertz CT molecular complexity index is 117. The van der Waals surface area contributed by atoms with Crippen molar-refractivity contribution in [1.29, 1.82) is 0 Å². The molecule has 0 saturated carbocycles. The van der Waals surface area contributed by atoms with E-state index >= 15 is 0 Å². The highest BCUT2D eigenvalue weighted by molar-refractivity contribution is 4.89. The van der Waals surface area contributed by atoms with Crippen molar-refractivity contribution >= 4 is 0 Å². The molecule has 74 valence electrons. The largest absolute Gasteiger partial charge is 0.326 e. The van der Waals surface area contributed by atoms with Gasteiger partial charge in [-0.25, -0.2) is 0 Å². The molecule has 0 radical (unpaired) electrons. The van der Waals surface area contributed by atoms with E-state index in [0.29, 0.717) is 0 Å². The second kappa shape index (κ2) is 4.83. The van der Waals surface area contributed by atoms with Crippen molar-refractivity contribution < 1.29 is 0 Å². The van der Waals surface area contributed by atoms with Crippen molar-refractivity contribution in [3.8, 4) is 0 Å². The summed E-state index contributed by atoms with van der Waals surface area (Å²) in [6, 6.07) is 0.275. The Balaban J connectivity index is 4.33. The quantitative estimate of drug-likeness (QED) is 0.685. The molecule has 1 atom stereocenters. The molecule has 0 heterocycles. The van der Waals surface area contributed by atoms with Crippen molar-refractivity contribution in [2.45, 2.75) is 52.6 Å². The Morgan fingerprint density at radius 1 is 1.17 bits per heavy atom. The highest BCUT2D eigenvalue weighted by Crippen LogP contribution is 2.18. The Labute approximate surface area is 77.1 Å². The van der Waals surface area contributed by atoms with E-state index in [0.717, 1.165) is 19.5 Å². The van der Waals surface area contributed by atoms with Gasteiger partial charge in [0.2, 0.25) is 0 Å². The number of nitrogens with two attached hydrogens (primary N) is 1. The summed E-state index contributed by atoms with van der Waals surface area (Å²) in [7, 11) is 0. The van der Waals surface area contributed by atoms with Gasteiger partial charge in [-0.05, 0) is 33.4 Å². The first-order valence-electron chi connectivity index (χ1n) is 5.01. The maximum absolute atomic E-state index is 6.06. The lowest BCUT2D eigenvalue weighted by Crippen LogP contribution is -2.55. The smallest absolute Gasteiger partial charge is 0.0303 e. The van der Waals surface area contributed by atoms with E-state index in [9.17, 15) is 0 Å². The Hall–Kier alpha value is -0.0800. The standard InChI is InChI=1S/C10H24N2/c1-6-9(11)10(4,5)12(7-2)8-3/h9H,6-8,11H2,1-5H3. The van der Waals surface area contributed by atoms with Crippen molar-refractivity contribution in [3.63, 3.8) is 0 Å². The lowest BCUT2D eigenvalue weighted by molar-refractivity contribution is 0.105. The molecule has 0 aliphatic rings. The normalized spacial score (nSPS) is 15.2. The van der Waals surface area contributed by atoms with E-state index in [4.69, 9.17) is 5.73 Å². The van der Waals surface area contributed by atoms with Gasteiger partial charge >= 0.3 is 0 Å². The summed E-state index contributed by atoms with van der Waals surface area (Å²) in [5.41, 5.74) is 6.20. The predicted molar refractivity (Wildman–Crippen MR) is 55.3 cm³/mol. The van der Waals surface area contributed by atoms with Gasteiger partial charge in [0.05, 0.1) is 0 Å². The van der Waals surface area contributed by atoms with Crippen LogP contribution in [0, 0.1) is 0 Å². The van der Waals surface area contributed by atoms with Crippen LogP contribution >= 0.6 is 0 Å². The fraction of sp³-hybridized carbons (Fsp3) is 1.00. The van der Waals surface area contributed by atoms with Crippen molar-refractivity contribution in [3.05, 3.63) is 0 Å². The van der Waals surface area contributed by atoms with Crippen LogP contribution in [-0.4, -0.2) is 29.6 Å². The van der Waals surface area contributed by atoms with Crippen LogP contribution in [0.15, 0.2) is 0 Å². The van der Waals surface area contributed by atoms with Crippen LogP contribution in [0.25, 0.3) is 0 Å². The van der Waals surface area contributed by atoms with Crippen LogP contribution in [0.4, 0.5) is 0 Å². The average molecular weight is 172 g/mol. The zero-order valence-corrected chi connectivity index (χ0v) is 9.22. The SMILES string of the molecule is CCC(N)C(C)(C)N(CC)CC. The second-order valence-electron chi connectivity index (χ2n) is 3.84. The fourth-order valence-corrected chi connectivity index (χ4v) is 1.77. The first-order valence-corrected chi connectivity index (χ1v) is 5.01. The van der Waals surface area contributed by atoms with E-state index in [1.165, 1.54) is 0 Å². The van der Waals surface area contributed by atoms with Crippen molar-refractivity contribution in [2.75, 3.05) is 13.1 Å². The Morgan fingerprint density at radius 2 is 1.58 bits per heavy atom. The third-order valence-electron chi connectivity index (χ3n) is 2.93. The molecule has 0 aliphatic carbocycles. The number of nitrogens with zero attached hydrogens (tertiary/aromatic N) is 1. The zero-order valence-electron chi connectivity index (χ0n) is 9.22. The van der Waals surface area contributed by atoms with Crippen LogP contribution in [0.1, 0.15) is 41.0 Å². The second-order valence-corrected chi connectivity index (χ2v) is 3.84. The molecule has 2 nitrogen and oxygen atoms in total. The summed E-state index contributed by atoms with van der Waals surface area (Å²) < 4.78 is 0. The van der Waals surface area contributed by atoms with Crippen LogP contribution < -0.4 is 5.73 Å². The summed E-state index contributed by atoms with van der Waals surface area (Å²) in [5, 5.41) is 0. The number of hydrogen-bond acceptors (Lipinski definition) is 2. The Kier molecular flexibility index (Phi) is 4.80. The summed E-state index contributed by atoms with van der Waals surface area (Å²) in [6.07, 6.45) is 1.05. The summed E-state index contributed by atoms with van der Waals surface area (Å²) in [6.45, 7) is 13.1. The molecule has 0 amide bonds. The minimum absolute atomic E-state index is 0.137. The monoisotopic (exact) mass is 172 g/mol. The fourth-order valence-electron chi connectivity index (χ4n) is 1.77. The van der Waals surface area contributed by atoms with Gasteiger partial charge in [-0.1, -0.05) is 20.8 Å². The topological polar surface area (TPSA) is 29.3 Å². The van der Waals surface area contributed by atoms with Gasteiger partial charge in [-0.3, -0.25) is 4.90 Å². The molecule has 0 aromatic carbocycles. The highest BCUT2D eigenvalue weighted by atomic mass is 15.2. The molecule has 0 bridgehead atoms. The first-order chi connectivity index (χ1) is 5.50. The molecular formula is C10H24N2. The van der Waals surface area contributed by atoms with Crippen molar-refractivity contribution in [2.24, 2.45) is 5.73 Å². The molecule has 1 unspecified atom stereocenters. The highest BCUT2D eigenvalue weighted by Gasteiger charge is 2.29. The first kappa shape index (κ1) is 11.9. The van der Waals surface area contributed by atoms with E-state index in [-0.39, 0.29) is 11.6 Å². The van der Waals surface area contributed by atoms with Gasteiger partial charge in [0, 0.05) is 11.6 Å². The number of likely N-dealkylation sites (N-methyl/N-ethyl adjacent to an activating group) is 1. The Morgan fingerprint density at radius 3 is 1.83 bits per heavy atom. The van der Waals surface area contributed by atoms with Gasteiger partial charge in [-0.15, -0.1) is 0 Å². The van der Waals surface area contributed by atoms with Crippen LogP contribution in [0.3, 0.4) is 0 Å². The summed E-state index contributed by atoms with van der Waals surface area (Å²) in [5.74, 6) is 0. The molecule has 0 saturated heterocycles. The zero-order chi connectivity index (χ0) is 9.78. The van der Waals surface area contributed by atoms with E-state index in [1.807, 2.05) is 0 Å².